The van der Waals surface area contributed by atoms with Crippen LogP contribution < -0.4 is 10.6 Å². The minimum Gasteiger partial charge on any atom is -0.508 e. The molecule has 0 atom stereocenters. The lowest BCUT2D eigenvalue weighted by molar-refractivity contribution is 0.0950. The van der Waals surface area contributed by atoms with Crippen molar-refractivity contribution in [1.29, 1.82) is 0 Å². The third-order valence-electron chi connectivity index (χ3n) is 3.19. The van der Waals surface area contributed by atoms with Crippen LogP contribution in [0.1, 0.15) is 16.1 Å². The number of thiazole rings is 1. The molecule has 7 nitrogen and oxygen atoms in total. The molecule has 0 aliphatic rings. The van der Waals surface area contributed by atoms with Crippen LogP contribution >= 0.6 is 11.3 Å². The molecule has 0 spiro atoms. The molecule has 3 N–H and O–H groups in total. The Morgan fingerprint density at radius 2 is 2.04 bits per heavy atom. The van der Waals surface area contributed by atoms with E-state index < -0.39 is 0 Å². The summed E-state index contributed by atoms with van der Waals surface area (Å²) in [5, 5.41) is 17.4. The minimum atomic E-state index is -0.222. The fraction of sp³-hybridized carbons (Fsp3) is 0.125. The molecule has 0 saturated heterocycles. The molecule has 0 aliphatic carbocycles. The van der Waals surface area contributed by atoms with Crippen molar-refractivity contribution in [3.8, 4) is 5.75 Å². The Morgan fingerprint density at radius 1 is 1.21 bits per heavy atom. The molecule has 0 unspecified atom stereocenters. The van der Waals surface area contributed by atoms with E-state index in [-0.39, 0.29) is 11.7 Å². The van der Waals surface area contributed by atoms with Crippen molar-refractivity contribution < 1.29 is 9.90 Å². The topological polar surface area (TPSA) is 100 Å². The van der Waals surface area contributed by atoms with Crippen molar-refractivity contribution in [2.24, 2.45) is 0 Å². The van der Waals surface area contributed by atoms with E-state index in [2.05, 4.69) is 25.6 Å². The lowest BCUT2D eigenvalue weighted by Gasteiger charge is -2.04. The Hall–Kier alpha value is -3.00. The molecule has 2 heterocycles. The summed E-state index contributed by atoms with van der Waals surface area (Å²) in [5.41, 5.74) is 1.40. The number of carbonyl (C=O) groups excluding carboxylic acids is 1. The van der Waals surface area contributed by atoms with Gasteiger partial charge in [0.2, 0.25) is 0 Å². The van der Waals surface area contributed by atoms with Crippen molar-refractivity contribution in [1.82, 2.24) is 20.3 Å². The maximum absolute atomic E-state index is 12.1. The van der Waals surface area contributed by atoms with Gasteiger partial charge in [0.15, 0.2) is 5.13 Å². The van der Waals surface area contributed by atoms with Gasteiger partial charge in [-0.3, -0.25) is 4.79 Å². The van der Waals surface area contributed by atoms with Crippen molar-refractivity contribution >= 4 is 28.2 Å². The number of benzene rings is 1. The summed E-state index contributed by atoms with van der Waals surface area (Å²) in [6, 6.07) is 8.63. The van der Waals surface area contributed by atoms with Gasteiger partial charge in [0.05, 0.1) is 0 Å². The highest BCUT2D eigenvalue weighted by Gasteiger charge is 2.10. The van der Waals surface area contributed by atoms with E-state index in [4.69, 9.17) is 0 Å². The van der Waals surface area contributed by atoms with Crippen LogP contribution in [0, 0.1) is 0 Å². The Balaban J connectivity index is 1.51. The maximum Gasteiger partial charge on any atom is 0.270 e. The minimum absolute atomic E-state index is 0.222. The largest absolute Gasteiger partial charge is 0.508 e. The number of aromatic hydroxyl groups is 1. The van der Waals surface area contributed by atoms with Crippen LogP contribution in [0.5, 0.6) is 5.75 Å². The van der Waals surface area contributed by atoms with Crippen LogP contribution in [-0.4, -0.2) is 32.5 Å². The molecule has 8 heteroatoms. The monoisotopic (exact) mass is 341 g/mol. The molecule has 0 radical (unpaired) electrons. The summed E-state index contributed by atoms with van der Waals surface area (Å²) in [6.45, 7) is 0.496. The van der Waals surface area contributed by atoms with Gasteiger partial charge in [-0.05, 0) is 30.2 Å². The number of phenols is 1. The van der Waals surface area contributed by atoms with Crippen molar-refractivity contribution in [2.75, 3.05) is 11.9 Å². The third kappa shape index (κ3) is 4.26. The van der Waals surface area contributed by atoms with Crippen molar-refractivity contribution in [3.63, 3.8) is 0 Å². The maximum atomic E-state index is 12.1. The van der Waals surface area contributed by atoms with Crippen LogP contribution in [0.4, 0.5) is 10.9 Å². The fourth-order valence-corrected chi connectivity index (χ4v) is 2.68. The first-order valence-electron chi connectivity index (χ1n) is 7.25. The lowest BCUT2D eigenvalue weighted by Crippen LogP contribution is -2.25. The fourth-order valence-electron chi connectivity index (χ4n) is 1.98. The van der Waals surface area contributed by atoms with Gasteiger partial charge in [-0.25, -0.2) is 15.0 Å². The van der Waals surface area contributed by atoms with Gasteiger partial charge in [0.1, 0.15) is 23.6 Å². The predicted octanol–water partition coefficient (Wildman–Crippen LogP) is 2.35. The Morgan fingerprint density at radius 3 is 2.79 bits per heavy atom. The molecule has 3 aromatic rings. The van der Waals surface area contributed by atoms with E-state index in [0.29, 0.717) is 29.6 Å². The summed E-state index contributed by atoms with van der Waals surface area (Å²) in [7, 11) is 0. The molecule has 1 aromatic carbocycles. The van der Waals surface area contributed by atoms with Gasteiger partial charge in [-0.15, -0.1) is 11.3 Å². The molecular formula is C16H15N5O2S. The molecule has 2 aromatic heterocycles. The molecule has 24 heavy (non-hydrogen) atoms. The number of amides is 1. The smallest absolute Gasteiger partial charge is 0.270 e. The second-order valence-electron chi connectivity index (χ2n) is 4.93. The molecule has 3 rings (SSSR count). The van der Waals surface area contributed by atoms with Gasteiger partial charge < -0.3 is 15.7 Å². The first-order chi connectivity index (χ1) is 11.7. The van der Waals surface area contributed by atoms with Crippen molar-refractivity contribution in [2.45, 2.75) is 6.42 Å². The molecule has 1 amide bonds. The Bertz CT molecular complexity index is 805. The summed E-state index contributed by atoms with van der Waals surface area (Å²) in [5.74, 6) is 0.633. The van der Waals surface area contributed by atoms with Crippen LogP contribution in [0.2, 0.25) is 0 Å². The molecule has 0 aliphatic heterocycles. The molecule has 122 valence electrons. The third-order valence-corrected chi connectivity index (χ3v) is 3.95. The Kier molecular flexibility index (Phi) is 4.97. The van der Waals surface area contributed by atoms with Gasteiger partial charge in [0, 0.05) is 18.1 Å². The van der Waals surface area contributed by atoms with E-state index >= 15 is 0 Å². The number of rotatable bonds is 6. The summed E-state index contributed by atoms with van der Waals surface area (Å²) >= 11 is 1.33. The zero-order chi connectivity index (χ0) is 16.8. The van der Waals surface area contributed by atoms with Crippen LogP contribution in [0.3, 0.4) is 0 Å². The normalized spacial score (nSPS) is 10.3. The van der Waals surface area contributed by atoms with Gasteiger partial charge in [0.25, 0.3) is 5.91 Å². The van der Waals surface area contributed by atoms with Crippen LogP contribution in [0.15, 0.2) is 48.2 Å². The molecule has 0 fully saturated rings. The number of hydrogen-bond acceptors (Lipinski definition) is 7. The number of phenolic OH excluding ortho intramolecular Hbond substituents is 1. The molecule has 0 bridgehead atoms. The predicted molar refractivity (Wildman–Crippen MR) is 91.6 cm³/mol. The van der Waals surface area contributed by atoms with Gasteiger partial charge in [-0.1, -0.05) is 12.1 Å². The van der Waals surface area contributed by atoms with Crippen molar-refractivity contribution in [3.05, 3.63) is 59.5 Å². The molecule has 0 saturated carbocycles. The highest BCUT2D eigenvalue weighted by atomic mass is 32.1. The number of nitrogens with zero attached hydrogens (tertiary/aromatic N) is 3. The van der Waals surface area contributed by atoms with E-state index in [0.717, 1.165) is 5.56 Å². The number of nitrogens with one attached hydrogen (secondary N) is 2. The highest BCUT2D eigenvalue weighted by Crippen LogP contribution is 2.19. The average molecular weight is 341 g/mol. The van der Waals surface area contributed by atoms with Crippen LogP contribution in [-0.2, 0) is 6.42 Å². The first kappa shape index (κ1) is 15.9. The second-order valence-corrected chi connectivity index (χ2v) is 5.79. The van der Waals surface area contributed by atoms with Gasteiger partial charge in [-0.2, -0.15) is 0 Å². The zero-order valence-corrected chi connectivity index (χ0v) is 13.5. The lowest BCUT2D eigenvalue weighted by atomic mass is 10.1. The summed E-state index contributed by atoms with van der Waals surface area (Å²) in [4.78, 5) is 24.2. The van der Waals surface area contributed by atoms with Crippen LogP contribution in [0.25, 0.3) is 0 Å². The highest BCUT2D eigenvalue weighted by molar-refractivity contribution is 7.14. The Labute approximate surface area is 142 Å². The van der Waals surface area contributed by atoms with Gasteiger partial charge >= 0.3 is 0 Å². The summed E-state index contributed by atoms with van der Waals surface area (Å²) in [6.07, 6.45) is 3.75. The standard InChI is InChI=1S/C16H15N5O2S/c22-12-3-1-11(2-4-12)5-8-18-15(23)13-9-24-16(20-13)21-14-6-7-17-10-19-14/h1-4,6-7,9-10,22H,5,8H2,(H,18,23)(H,17,19,20,21). The zero-order valence-electron chi connectivity index (χ0n) is 12.6. The quantitative estimate of drug-likeness (QED) is 0.636. The number of anilines is 2. The second kappa shape index (κ2) is 7.51. The van der Waals surface area contributed by atoms with E-state index in [1.165, 1.54) is 17.7 Å². The first-order valence-corrected chi connectivity index (χ1v) is 8.13. The van der Waals surface area contributed by atoms with E-state index in [9.17, 15) is 9.90 Å². The average Bonchev–Trinajstić information content (AvgIpc) is 3.06. The number of hydrogen-bond donors (Lipinski definition) is 3. The van der Waals surface area contributed by atoms with E-state index in [1.54, 1.807) is 29.8 Å². The molecular weight excluding hydrogens is 326 g/mol. The van der Waals surface area contributed by atoms with E-state index in [1.807, 2.05) is 12.1 Å². The number of carbonyl (C=O) groups is 1. The summed E-state index contributed by atoms with van der Waals surface area (Å²) < 4.78 is 0. The SMILES string of the molecule is O=C(NCCc1ccc(O)cc1)c1csc(Nc2ccncn2)n1. The number of aromatic nitrogens is 3.